The van der Waals surface area contributed by atoms with Crippen LogP contribution in [0.2, 0.25) is 0 Å². The first-order chi connectivity index (χ1) is 9.14. The predicted molar refractivity (Wildman–Crippen MR) is 73.6 cm³/mol. The molecule has 0 radical (unpaired) electrons. The van der Waals surface area contributed by atoms with Crippen LogP contribution in [0.4, 0.5) is 10.1 Å². The van der Waals surface area contributed by atoms with Gasteiger partial charge < -0.3 is 11.5 Å². The Bertz CT molecular complexity index is 602. The molecule has 1 amide bonds. The summed E-state index contributed by atoms with van der Waals surface area (Å²) in [6.45, 7) is 3.10. The summed E-state index contributed by atoms with van der Waals surface area (Å²) >= 11 is 0. The van der Waals surface area contributed by atoms with E-state index in [1.54, 1.807) is 13.8 Å². The minimum absolute atomic E-state index is 0.0479. The lowest BCUT2D eigenvalue weighted by molar-refractivity contribution is -0.118. The molecule has 1 rings (SSSR count). The van der Waals surface area contributed by atoms with E-state index in [1.165, 1.54) is 6.07 Å². The zero-order valence-electron chi connectivity index (χ0n) is 11.3. The van der Waals surface area contributed by atoms with Crippen LogP contribution in [0.1, 0.15) is 13.8 Å². The molecule has 0 saturated heterocycles. The van der Waals surface area contributed by atoms with E-state index in [9.17, 15) is 17.6 Å². The number of primary amides is 1. The van der Waals surface area contributed by atoms with E-state index < -0.39 is 33.2 Å². The van der Waals surface area contributed by atoms with Crippen molar-refractivity contribution in [2.75, 3.05) is 18.8 Å². The number of rotatable bonds is 6. The third-order valence-electron chi connectivity index (χ3n) is 2.47. The molecule has 0 bridgehead atoms. The summed E-state index contributed by atoms with van der Waals surface area (Å²) in [4.78, 5) is 10.5. The van der Waals surface area contributed by atoms with Crippen molar-refractivity contribution in [1.29, 1.82) is 0 Å². The minimum atomic E-state index is -4.17. The van der Waals surface area contributed by atoms with Crippen molar-refractivity contribution >= 4 is 21.6 Å². The first kappa shape index (κ1) is 16.4. The standard InChI is InChI=1S/C12H18FN3O3S/c1-8(2)6-16(7-12(15)17)20(18,19)11-5-9(14)3-4-10(11)13/h3-5,8H,6-7,14H2,1-2H3,(H2,15,17). The summed E-state index contributed by atoms with van der Waals surface area (Å²) in [5, 5.41) is 0. The van der Waals surface area contributed by atoms with Crippen LogP contribution in [0.5, 0.6) is 0 Å². The number of carbonyl (C=O) groups is 1. The molecule has 1 aromatic rings. The number of halogens is 1. The van der Waals surface area contributed by atoms with E-state index in [0.29, 0.717) is 0 Å². The molecule has 20 heavy (non-hydrogen) atoms. The highest BCUT2D eigenvalue weighted by atomic mass is 32.2. The molecule has 0 heterocycles. The highest BCUT2D eigenvalue weighted by Crippen LogP contribution is 2.22. The molecule has 0 unspecified atom stereocenters. The summed E-state index contributed by atoms with van der Waals surface area (Å²) in [7, 11) is -4.17. The van der Waals surface area contributed by atoms with E-state index in [2.05, 4.69) is 0 Å². The summed E-state index contributed by atoms with van der Waals surface area (Å²) in [5.41, 5.74) is 10.7. The second kappa shape index (κ2) is 6.19. The van der Waals surface area contributed by atoms with Gasteiger partial charge in [-0.2, -0.15) is 4.31 Å². The fraction of sp³-hybridized carbons (Fsp3) is 0.417. The maximum Gasteiger partial charge on any atom is 0.246 e. The van der Waals surface area contributed by atoms with Gasteiger partial charge in [0.2, 0.25) is 15.9 Å². The Morgan fingerprint density at radius 1 is 1.40 bits per heavy atom. The Kier molecular flexibility index (Phi) is 5.07. The molecule has 0 aliphatic heterocycles. The molecule has 112 valence electrons. The van der Waals surface area contributed by atoms with Gasteiger partial charge in [-0.1, -0.05) is 13.8 Å². The fourth-order valence-electron chi connectivity index (χ4n) is 1.69. The molecule has 6 nitrogen and oxygen atoms in total. The Hall–Kier alpha value is -1.67. The van der Waals surface area contributed by atoms with Gasteiger partial charge in [0.15, 0.2) is 0 Å². The van der Waals surface area contributed by atoms with Crippen molar-refractivity contribution in [3.63, 3.8) is 0 Å². The zero-order chi connectivity index (χ0) is 15.5. The molecule has 0 aliphatic carbocycles. The normalized spacial score (nSPS) is 12.1. The van der Waals surface area contributed by atoms with Crippen molar-refractivity contribution in [1.82, 2.24) is 4.31 Å². The number of anilines is 1. The second-order valence-electron chi connectivity index (χ2n) is 4.85. The van der Waals surface area contributed by atoms with Gasteiger partial charge >= 0.3 is 0 Å². The molecule has 0 aromatic heterocycles. The number of benzene rings is 1. The summed E-state index contributed by atoms with van der Waals surface area (Å²) in [5.74, 6) is -1.77. The second-order valence-corrected chi connectivity index (χ2v) is 6.75. The Balaban J connectivity index is 3.28. The summed E-state index contributed by atoms with van der Waals surface area (Å²) in [6, 6.07) is 3.26. The highest BCUT2D eigenvalue weighted by molar-refractivity contribution is 7.89. The number of nitrogens with zero attached hydrogens (tertiary/aromatic N) is 1. The molecular weight excluding hydrogens is 285 g/mol. The van der Waals surface area contributed by atoms with E-state index >= 15 is 0 Å². The largest absolute Gasteiger partial charge is 0.399 e. The summed E-state index contributed by atoms with van der Waals surface area (Å²) in [6.07, 6.45) is 0. The monoisotopic (exact) mass is 303 g/mol. The Labute approximate surface area is 117 Å². The first-order valence-electron chi connectivity index (χ1n) is 5.98. The molecular formula is C12H18FN3O3S. The topological polar surface area (TPSA) is 106 Å². The van der Waals surface area contributed by atoms with Crippen LogP contribution in [-0.2, 0) is 14.8 Å². The Morgan fingerprint density at radius 3 is 2.50 bits per heavy atom. The quantitative estimate of drug-likeness (QED) is 0.748. The predicted octanol–water partition coefficient (Wildman–Crippen LogP) is 0.540. The highest BCUT2D eigenvalue weighted by Gasteiger charge is 2.29. The molecule has 8 heteroatoms. The van der Waals surface area contributed by atoms with Crippen LogP contribution in [0.3, 0.4) is 0 Å². The number of amides is 1. The van der Waals surface area contributed by atoms with Crippen molar-refractivity contribution in [2.45, 2.75) is 18.7 Å². The number of hydrogen-bond acceptors (Lipinski definition) is 4. The molecule has 0 saturated carbocycles. The van der Waals surface area contributed by atoms with Gasteiger partial charge in [-0.15, -0.1) is 0 Å². The van der Waals surface area contributed by atoms with Crippen LogP contribution in [0.15, 0.2) is 23.1 Å². The third kappa shape index (κ3) is 3.91. The van der Waals surface area contributed by atoms with Gasteiger partial charge in [-0.05, 0) is 24.1 Å². The number of sulfonamides is 1. The molecule has 4 N–H and O–H groups in total. The van der Waals surface area contributed by atoms with Gasteiger partial charge in [0.1, 0.15) is 10.7 Å². The van der Waals surface area contributed by atoms with E-state index in [-0.39, 0.29) is 18.2 Å². The lowest BCUT2D eigenvalue weighted by atomic mass is 10.2. The molecule has 0 fully saturated rings. The van der Waals surface area contributed by atoms with Crippen LogP contribution < -0.4 is 11.5 Å². The fourth-order valence-corrected chi connectivity index (χ4v) is 3.35. The average Bonchev–Trinajstić information content (AvgIpc) is 2.30. The van der Waals surface area contributed by atoms with Crippen molar-refractivity contribution in [3.05, 3.63) is 24.0 Å². The van der Waals surface area contributed by atoms with Crippen molar-refractivity contribution in [2.24, 2.45) is 11.7 Å². The SMILES string of the molecule is CC(C)CN(CC(N)=O)S(=O)(=O)c1cc(N)ccc1F. The smallest absolute Gasteiger partial charge is 0.246 e. The van der Waals surface area contributed by atoms with E-state index in [1.807, 2.05) is 0 Å². The minimum Gasteiger partial charge on any atom is -0.399 e. The molecule has 0 spiro atoms. The molecule has 1 aromatic carbocycles. The van der Waals surface area contributed by atoms with Crippen LogP contribution in [0, 0.1) is 11.7 Å². The Morgan fingerprint density at radius 2 is 2.00 bits per heavy atom. The average molecular weight is 303 g/mol. The lowest BCUT2D eigenvalue weighted by Crippen LogP contribution is -2.40. The van der Waals surface area contributed by atoms with E-state index in [4.69, 9.17) is 11.5 Å². The number of nitrogen functional groups attached to an aromatic ring is 1. The maximum absolute atomic E-state index is 13.7. The van der Waals surface area contributed by atoms with Crippen molar-refractivity contribution in [3.8, 4) is 0 Å². The van der Waals surface area contributed by atoms with Gasteiger partial charge in [-0.3, -0.25) is 4.79 Å². The number of nitrogens with two attached hydrogens (primary N) is 2. The number of carbonyl (C=O) groups excluding carboxylic acids is 1. The lowest BCUT2D eigenvalue weighted by Gasteiger charge is -2.23. The van der Waals surface area contributed by atoms with Crippen LogP contribution in [0.25, 0.3) is 0 Å². The van der Waals surface area contributed by atoms with E-state index in [0.717, 1.165) is 16.4 Å². The van der Waals surface area contributed by atoms with Gasteiger partial charge in [0.25, 0.3) is 0 Å². The molecule has 0 aliphatic rings. The first-order valence-corrected chi connectivity index (χ1v) is 7.42. The molecule has 0 atom stereocenters. The van der Waals surface area contributed by atoms with Gasteiger partial charge in [-0.25, -0.2) is 12.8 Å². The zero-order valence-corrected chi connectivity index (χ0v) is 12.2. The third-order valence-corrected chi connectivity index (χ3v) is 4.30. The van der Waals surface area contributed by atoms with Gasteiger partial charge in [0.05, 0.1) is 6.54 Å². The maximum atomic E-state index is 13.7. The summed E-state index contributed by atoms with van der Waals surface area (Å²) < 4.78 is 39.4. The van der Waals surface area contributed by atoms with Crippen molar-refractivity contribution < 1.29 is 17.6 Å². The van der Waals surface area contributed by atoms with Crippen LogP contribution >= 0.6 is 0 Å². The van der Waals surface area contributed by atoms with Gasteiger partial charge in [0, 0.05) is 12.2 Å². The number of hydrogen-bond donors (Lipinski definition) is 2. The van der Waals surface area contributed by atoms with Crippen LogP contribution in [-0.4, -0.2) is 31.7 Å².